The Morgan fingerprint density at radius 3 is 2.37 bits per heavy atom. The molecule has 0 saturated carbocycles. The summed E-state index contributed by atoms with van der Waals surface area (Å²) in [5.74, 6) is 5.43. The Morgan fingerprint density at radius 2 is 1.73 bits per heavy atom. The molecule has 30 heavy (non-hydrogen) atoms. The van der Waals surface area contributed by atoms with Crippen LogP contribution in [0.25, 0.3) is 0 Å². The van der Waals surface area contributed by atoms with Crippen LogP contribution >= 0.6 is 0 Å². The van der Waals surface area contributed by atoms with Crippen LogP contribution in [0.5, 0.6) is 0 Å². The average Bonchev–Trinajstić information content (AvgIpc) is 2.76. The lowest BCUT2D eigenvalue weighted by Gasteiger charge is -2.22. The number of hydrogen-bond acceptors (Lipinski definition) is 5. The van der Waals surface area contributed by atoms with Gasteiger partial charge in [-0.3, -0.25) is 10.4 Å². The second kappa shape index (κ2) is 12.1. The number of carbonyl (C=O) groups excluding carboxylic acids is 2. The Morgan fingerprint density at radius 1 is 1.10 bits per heavy atom. The van der Waals surface area contributed by atoms with E-state index in [1.807, 2.05) is 60.7 Å². The third-order valence-corrected chi connectivity index (χ3v) is 4.25. The fourth-order valence-electron chi connectivity index (χ4n) is 2.70. The number of carbonyl (C=O) groups is 2. The summed E-state index contributed by atoms with van der Waals surface area (Å²) in [6.07, 6.45) is 0.866. The highest BCUT2D eigenvalue weighted by Gasteiger charge is 2.23. The molecule has 1 atom stereocenters. The van der Waals surface area contributed by atoms with Gasteiger partial charge in [0, 0.05) is 12.2 Å². The van der Waals surface area contributed by atoms with Gasteiger partial charge >= 0.3 is 12.0 Å². The molecule has 2 rings (SSSR count). The van der Waals surface area contributed by atoms with Gasteiger partial charge in [-0.1, -0.05) is 48.5 Å². The maximum atomic E-state index is 12.3. The number of nitrogens with two attached hydrogens (primary N) is 1. The third-order valence-electron chi connectivity index (χ3n) is 4.25. The van der Waals surface area contributed by atoms with Gasteiger partial charge in [-0.05, 0) is 30.5 Å². The van der Waals surface area contributed by atoms with Crippen LogP contribution in [0.4, 0.5) is 10.5 Å². The van der Waals surface area contributed by atoms with Crippen LogP contribution in [0.3, 0.4) is 0 Å². The Labute approximate surface area is 176 Å². The first-order valence-corrected chi connectivity index (χ1v) is 9.58. The van der Waals surface area contributed by atoms with Gasteiger partial charge in [0.25, 0.3) is 0 Å². The van der Waals surface area contributed by atoms with E-state index in [1.54, 1.807) is 0 Å². The van der Waals surface area contributed by atoms with Gasteiger partial charge in [0.15, 0.2) is 5.96 Å². The zero-order valence-corrected chi connectivity index (χ0v) is 16.9. The van der Waals surface area contributed by atoms with Gasteiger partial charge < -0.3 is 20.7 Å². The Kier molecular flexibility index (Phi) is 9.14. The molecule has 9 nitrogen and oxygen atoms in total. The molecular formula is C21H28N6O3. The Balaban J connectivity index is 1.77. The summed E-state index contributed by atoms with van der Waals surface area (Å²) < 4.78 is 4.78. The molecule has 0 bridgehead atoms. The number of ether oxygens (including phenoxy) is 1. The highest BCUT2D eigenvalue weighted by molar-refractivity contribution is 5.91. The van der Waals surface area contributed by atoms with E-state index >= 15 is 0 Å². The quantitative estimate of drug-likeness (QED) is 0.0814. The van der Waals surface area contributed by atoms with Crippen molar-refractivity contribution in [1.29, 1.82) is 5.41 Å². The van der Waals surface area contributed by atoms with E-state index in [9.17, 15) is 9.59 Å². The lowest BCUT2D eigenvalue weighted by Crippen LogP contribution is -2.50. The largest absolute Gasteiger partial charge is 0.467 e. The number of hydrazine groups is 1. The summed E-state index contributed by atoms with van der Waals surface area (Å²) in [5, 5.41) is 17.4. The Bertz CT molecular complexity index is 816. The third kappa shape index (κ3) is 7.80. The molecule has 0 aliphatic carbocycles. The van der Waals surface area contributed by atoms with E-state index in [0.717, 1.165) is 16.3 Å². The van der Waals surface area contributed by atoms with Crippen molar-refractivity contribution in [1.82, 2.24) is 15.6 Å². The molecule has 0 saturated heterocycles. The number of nitrogens with one attached hydrogen (secondary N) is 4. The van der Waals surface area contributed by atoms with Gasteiger partial charge in [0.05, 0.1) is 13.7 Å². The first-order valence-electron chi connectivity index (χ1n) is 9.58. The summed E-state index contributed by atoms with van der Waals surface area (Å²) in [5.41, 5.74) is 1.68. The first kappa shape index (κ1) is 22.7. The van der Waals surface area contributed by atoms with Crippen LogP contribution in [0.15, 0.2) is 60.7 Å². The molecule has 160 valence electrons. The SMILES string of the molecule is COC(=O)[C@H](CCCNC(=N)Nc1ccccc1)NC(=O)N(N)Cc1ccccc1. The summed E-state index contributed by atoms with van der Waals surface area (Å²) in [4.78, 5) is 24.4. The first-order chi connectivity index (χ1) is 14.5. The van der Waals surface area contributed by atoms with Crippen molar-refractivity contribution < 1.29 is 14.3 Å². The Hall–Kier alpha value is -3.59. The molecule has 6 N–H and O–H groups in total. The minimum Gasteiger partial charge on any atom is -0.467 e. The van der Waals surface area contributed by atoms with E-state index in [1.165, 1.54) is 7.11 Å². The summed E-state index contributed by atoms with van der Waals surface area (Å²) in [7, 11) is 1.27. The molecule has 0 aromatic heterocycles. The molecule has 0 radical (unpaired) electrons. The maximum absolute atomic E-state index is 12.3. The number of esters is 1. The number of urea groups is 1. The second-order valence-electron chi connectivity index (χ2n) is 6.57. The van der Waals surface area contributed by atoms with E-state index in [4.69, 9.17) is 16.0 Å². The van der Waals surface area contributed by atoms with Crippen molar-refractivity contribution in [3.05, 3.63) is 66.2 Å². The van der Waals surface area contributed by atoms with E-state index in [0.29, 0.717) is 19.4 Å². The molecule has 2 aromatic rings. The van der Waals surface area contributed by atoms with Gasteiger partial charge in [0.1, 0.15) is 6.04 Å². The number of amides is 2. The molecule has 2 aromatic carbocycles. The van der Waals surface area contributed by atoms with Gasteiger partial charge in [0.2, 0.25) is 0 Å². The number of para-hydroxylation sites is 1. The number of nitrogens with zero attached hydrogens (tertiary/aromatic N) is 1. The minimum atomic E-state index is -0.831. The average molecular weight is 412 g/mol. The van der Waals surface area contributed by atoms with Crippen LogP contribution in [0.2, 0.25) is 0 Å². The van der Waals surface area contributed by atoms with Crippen molar-refractivity contribution >= 4 is 23.6 Å². The summed E-state index contributed by atoms with van der Waals surface area (Å²) in [6.45, 7) is 0.656. The number of hydrogen-bond donors (Lipinski definition) is 5. The maximum Gasteiger partial charge on any atom is 0.332 e. The molecule has 0 fully saturated rings. The highest BCUT2D eigenvalue weighted by Crippen LogP contribution is 2.05. The molecule has 9 heteroatoms. The molecule has 0 aliphatic heterocycles. The van der Waals surface area contributed by atoms with Gasteiger partial charge in [-0.25, -0.2) is 15.4 Å². The standard InChI is InChI=1S/C21H28N6O3/c1-30-19(28)18(26-21(29)27(23)15-16-9-4-2-5-10-16)13-8-14-24-20(22)25-17-11-6-3-7-12-17/h2-7,9-12,18H,8,13-15,23H2,1H3,(H,26,29)(H3,22,24,25)/t18-/m0/s1. The van der Waals surface area contributed by atoms with Crippen molar-refractivity contribution in [2.24, 2.45) is 5.84 Å². The van der Waals surface area contributed by atoms with Crippen molar-refractivity contribution in [2.45, 2.75) is 25.4 Å². The monoisotopic (exact) mass is 412 g/mol. The number of benzene rings is 2. The number of methoxy groups -OCH3 is 1. The molecule has 0 unspecified atom stereocenters. The summed E-state index contributed by atoms with van der Waals surface area (Å²) >= 11 is 0. The fraction of sp³-hybridized carbons (Fsp3) is 0.286. The van der Waals surface area contributed by atoms with E-state index in [2.05, 4.69) is 16.0 Å². The lowest BCUT2D eigenvalue weighted by atomic mass is 10.1. The smallest absolute Gasteiger partial charge is 0.332 e. The lowest BCUT2D eigenvalue weighted by molar-refractivity contribution is -0.143. The predicted octanol–water partition coefficient (Wildman–Crippen LogP) is 2.03. The van der Waals surface area contributed by atoms with E-state index < -0.39 is 18.0 Å². The van der Waals surface area contributed by atoms with Crippen molar-refractivity contribution in [3.8, 4) is 0 Å². The molecule has 0 spiro atoms. The number of guanidine groups is 1. The summed E-state index contributed by atoms with van der Waals surface area (Å²) in [6, 6.07) is 17.3. The zero-order chi connectivity index (χ0) is 21.8. The molecule has 0 aliphatic rings. The van der Waals surface area contributed by atoms with Crippen molar-refractivity contribution in [2.75, 3.05) is 19.0 Å². The van der Waals surface area contributed by atoms with E-state index in [-0.39, 0.29) is 12.5 Å². The van der Waals surface area contributed by atoms with Crippen LogP contribution in [0.1, 0.15) is 18.4 Å². The highest BCUT2D eigenvalue weighted by atomic mass is 16.5. The zero-order valence-electron chi connectivity index (χ0n) is 16.9. The molecular weight excluding hydrogens is 384 g/mol. The van der Waals surface area contributed by atoms with Crippen LogP contribution in [-0.2, 0) is 16.1 Å². The van der Waals surface area contributed by atoms with Crippen LogP contribution < -0.4 is 21.8 Å². The minimum absolute atomic E-state index is 0.149. The molecule has 2 amide bonds. The second-order valence-corrected chi connectivity index (χ2v) is 6.57. The predicted molar refractivity (Wildman–Crippen MR) is 116 cm³/mol. The molecule has 0 heterocycles. The fourth-order valence-corrected chi connectivity index (χ4v) is 2.70. The van der Waals surface area contributed by atoms with Crippen LogP contribution in [0, 0.1) is 5.41 Å². The van der Waals surface area contributed by atoms with Gasteiger partial charge in [-0.2, -0.15) is 0 Å². The number of rotatable bonds is 9. The van der Waals surface area contributed by atoms with Gasteiger partial charge in [-0.15, -0.1) is 0 Å². The van der Waals surface area contributed by atoms with Crippen molar-refractivity contribution in [3.63, 3.8) is 0 Å². The number of anilines is 1. The normalized spacial score (nSPS) is 11.1. The van der Waals surface area contributed by atoms with Crippen LogP contribution in [-0.4, -0.2) is 42.7 Å². The topological polar surface area (TPSA) is 133 Å².